The highest BCUT2D eigenvalue weighted by Crippen LogP contribution is 2.27. The molecule has 0 saturated carbocycles. The van der Waals surface area contributed by atoms with Crippen molar-refractivity contribution >= 4 is 5.91 Å². The Morgan fingerprint density at radius 3 is 2.53 bits per heavy atom. The lowest BCUT2D eigenvalue weighted by Gasteiger charge is -2.22. The standard InChI is InChI=1S/C8H12F4N2O/c1-13-5-2-3-14(4-5)7(15)8(11,12)6(9)10/h5-6,13H,2-4H2,1H3. The first-order chi connectivity index (χ1) is 6.89. The minimum atomic E-state index is -4.57. The number of hydrogen-bond donors (Lipinski definition) is 1. The van der Waals surface area contributed by atoms with Crippen LogP contribution < -0.4 is 5.32 Å². The summed E-state index contributed by atoms with van der Waals surface area (Å²) in [6.07, 6.45) is -3.44. The topological polar surface area (TPSA) is 32.3 Å². The summed E-state index contributed by atoms with van der Waals surface area (Å²) < 4.78 is 49.1. The van der Waals surface area contributed by atoms with E-state index in [-0.39, 0.29) is 19.1 Å². The van der Waals surface area contributed by atoms with E-state index in [9.17, 15) is 22.4 Å². The molecule has 1 heterocycles. The summed E-state index contributed by atoms with van der Waals surface area (Å²) in [5.74, 6) is -6.35. The van der Waals surface area contributed by atoms with Crippen molar-refractivity contribution in [3.05, 3.63) is 0 Å². The maximum Gasteiger partial charge on any atom is 0.383 e. The SMILES string of the molecule is CNC1CCN(C(=O)C(F)(F)C(F)F)C1. The van der Waals surface area contributed by atoms with Crippen molar-refractivity contribution in [1.29, 1.82) is 0 Å². The monoisotopic (exact) mass is 228 g/mol. The fraction of sp³-hybridized carbons (Fsp3) is 0.875. The molecular formula is C8H12F4N2O. The second-order valence-corrected chi connectivity index (χ2v) is 3.45. The zero-order valence-electron chi connectivity index (χ0n) is 8.14. The molecule has 3 nitrogen and oxygen atoms in total. The first kappa shape index (κ1) is 12.2. The summed E-state index contributed by atoms with van der Waals surface area (Å²) in [4.78, 5) is 11.8. The fourth-order valence-corrected chi connectivity index (χ4v) is 1.48. The van der Waals surface area contributed by atoms with Crippen molar-refractivity contribution < 1.29 is 22.4 Å². The third-order valence-electron chi connectivity index (χ3n) is 2.44. The molecule has 1 aliphatic rings. The van der Waals surface area contributed by atoms with Crippen molar-refractivity contribution in [1.82, 2.24) is 10.2 Å². The first-order valence-corrected chi connectivity index (χ1v) is 4.52. The Morgan fingerprint density at radius 1 is 1.53 bits per heavy atom. The van der Waals surface area contributed by atoms with Gasteiger partial charge in [0.05, 0.1) is 0 Å². The van der Waals surface area contributed by atoms with Crippen LogP contribution in [-0.4, -0.2) is 49.3 Å². The average molecular weight is 228 g/mol. The first-order valence-electron chi connectivity index (χ1n) is 4.52. The maximum atomic E-state index is 12.7. The number of halogens is 4. The van der Waals surface area contributed by atoms with Gasteiger partial charge in [-0.25, -0.2) is 8.78 Å². The Hall–Kier alpha value is -0.850. The van der Waals surface area contributed by atoms with Gasteiger partial charge in [-0.2, -0.15) is 8.78 Å². The Balaban J connectivity index is 2.62. The molecule has 1 fully saturated rings. The number of amides is 1. The third kappa shape index (κ3) is 2.39. The van der Waals surface area contributed by atoms with E-state index in [1.54, 1.807) is 7.05 Å². The largest absolute Gasteiger partial charge is 0.383 e. The van der Waals surface area contributed by atoms with Crippen LogP contribution in [0, 0.1) is 0 Å². The molecule has 0 bridgehead atoms. The summed E-state index contributed by atoms with van der Waals surface area (Å²) in [5, 5.41) is 2.80. The summed E-state index contributed by atoms with van der Waals surface area (Å²) in [6.45, 7) is 0.143. The Morgan fingerprint density at radius 2 is 2.13 bits per heavy atom. The minimum absolute atomic E-state index is 0.0532. The van der Waals surface area contributed by atoms with Crippen molar-refractivity contribution in [3.63, 3.8) is 0 Å². The van der Waals surface area contributed by atoms with E-state index in [0.717, 1.165) is 4.90 Å². The second kappa shape index (κ2) is 4.34. The Labute approximate surface area is 84.4 Å². The smallest absolute Gasteiger partial charge is 0.336 e. The van der Waals surface area contributed by atoms with Gasteiger partial charge in [-0.1, -0.05) is 0 Å². The number of rotatable bonds is 3. The van der Waals surface area contributed by atoms with Crippen LogP contribution in [0.1, 0.15) is 6.42 Å². The lowest BCUT2D eigenvalue weighted by molar-refractivity contribution is -0.179. The van der Waals surface area contributed by atoms with Crippen LogP contribution in [-0.2, 0) is 4.79 Å². The molecule has 0 radical (unpaired) electrons. The predicted octanol–water partition coefficient (Wildman–Crippen LogP) is 0.707. The summed E-state index contributed by atoms with van der Waals surface area (Å²) >= 11 is 0. The van der Waals surface area contributed by atoms with Crippen LogP contribution >= 0.6 is 0 Å². The molecule has 1 atom stereocenters. The van der Waals surface area contributed by atoms with Gasteiger partial charge in [-0.3, -0.25) is 4.79 Å². The number of nitrogens with one attached hydrogen (secondary N) is 1. The normalized spacial score (nSPS) is 22.5. The van der Waals surface area contributed by atoms with Gasteiger partial charge < -0.3 is 10.2 Å². The number of hydrogen-bond acceptors (Lipinski definition) is 2. The molecule has 7 heteroatoms. The van der Waals surface area contributed by atoms with Crippen LogP contribution in [0.4, 0.5) is 17.6 Å². The Kier molecular flexibility index (Phi) is 3.54. The number of likely N-dealkylation sites (N-methyl/N-ethyl adjacent to an activating group) is 1. The molecule has 1 saturated heterocycles. The van der Waals surface area contributed by atoms with E-state index < -0.39 is 18.3 Å². The van der Waals surface area contributed by atoms with Gasteiger partial charge in [-0.05, 0) is 13.5 Å². The molecule has 88 valence electrons. The number of alkyl halides is 4. The van der Waals surface area contributed by atoms with E-state index in [2.05, 4.69) is 5.32 Å². The molecule has 0 aromatic carbocycles. The van der Waals surface area contributed by atoms with Crippen LogP contribution in [0.25, 0.3) is 0 Å². The molecule has 1 aliphatic heterocycles. The number of carbonyl (C=O) groups excluding carboxylic acids is 1. The van der Waals surface area contributed by atoms with Gasteiger partial charge in [0.15, 0.2) is 0 Å². The van der Waals surface area contributed by atoms with E-state index in [1.807, 2.05) is 0 Å². The number of carbonyl (C=O) groups is 1. The molecule has 0 aliphatic carbocycles. The van der Waals surface area contributed by atoms with Crippen LogP contribution in [0.5, 0.6) is 0 Å². The number of likely N-dealkylation sites (tertiary alicyclic amines) is 1. The molecule has 15 heavy (non-hydrogen) atoms. The fourth-order valence-electron chi connectivity index (χ4n) is 1.48. The van der Waals surface area contributed by atoms with Crippen molar-refractivity contribution in [3.8, 4) is 0 Å². The summed E-state index contributed by atoms with van der Waals surface area (Å²) in [6, 6.07) is -0.0950. The molecule has 1 amide bonds. The van der Waals surface area contributed by atoms with Gasteiger partial charge >= 0.3 is 12.3 Å². The summed E-state index contributed by atoms with van der Waals surface area (Å²) in [5.41, 5.74) is 0. The highest BCUT2D eigenvalue weighted by Gasteiger charge is 2.52. The molecule has 0 spiro atoms. The molecule has 0 aromatic rings. The predicted molar refractivity (Wildman–Crippen MR) is 45.0 cm³/mol. The lowest BCUT2D eigenvalue weighted by Crippen LogP contribution is -2.47. The number of nitrogens with zero attached hydrogens (tertiary/aromatic N) is 1. The van der Waals surface area contributed by atoms with E-state index in [0.29, 0.717) is 6.42 Å². The highest BCUT2D eigenvalue weighted by molar-refractivity contribution is 5.84. The van der Waals surface area contributed by atoms with Crippen LogP contribution in [0.2, 0.25) is 0 Å². The highest BCUT2D eigenvalue weighted by atomic mass is 19.3. The van der Waals surface area contributed by atoms with Gasteiger partial charge in [0.2, 0.25) is 0 Å². The minimum Gasteiger partial charge on any atom is -0.336 e. The lowest BCUT2D eigenvalue weighted by atomic mass is 10.3. The van der Waals surface area contributed by atoms with Gasteiger partial charge in [0, 0.05) is 19.1 Å². The van der Waals surface area contributed by atoms with E-state index in [1.165, 1.54) is 0 Å². The van der Waals surface area contributed by atoms with Gasteiger partial charge in [-0.15, -0.1) is 0 Å². The molecule has 1 rings (SSSR count). The van der Waals surface area contributed by atoms with Gasteiger partial charge in [0.25, 0.3) is 5.91 Å². The zero-order valence-corrected chi connectivity index (χ0v) is 8.14. The molecule has 0 aromatic heterocycles. The second-order valence-electron chi connectivity index (χ2n) is 3.45. The quantitative estimate of drug-likeness (QED) is 0.721. The summed E-state index contributed by atoms with van der Waals surface area (Å²) in [7, 11) is 1.63. The zero-order chi connectivity index (χ0) is 11.6. The van der Waals surface area contributed by atoms with Gasteiger partial charge in [0.1, 0.15) is 0 Å². The van der Waals surface area contributed by atoms with Crippen molar-refractivity contribution in [2.24, 2.45) is 0 Å². The van der Waals surface area contributed by atoms with Crippen LogP contribution in [0.15, 0.2) is 0 Å². The maximum absolute atomic E-state index is 12.7. The Bertz CT molecular complexity index is 247. The van der Waals surface area contributed by atoms with Crippen molar-refractivity contribution in [2.75, 3.05) is 20.1 Å². The van der Waals surface area contributed by atoms with E-state index >= 15 is 0 Å². The van der Waals surface area contributed by atoms with Crippen LogP contribution in [0.3, 0.4) is 0 Å². The van der Waals surface area contributed by atoms with Crippen molar-refractivity contribution in [2.45, 2.75) is 24.8 Å². The molecular weight excluding hydrogens is 216 g/mol. The van der Waals surface area contributed by atoms with E-state index in [4.69, 9.17) is 0 Å². The third-order valence-corrected chi connectivity index (χ3v) is 2.44. The average Bonchev–Trinajstić information content (AvgIpc) is 2.64. The molecule has 1 N–H and O–H groups in total. The molecule has 1 unspecified atom stereocenters.